The zero-order valence-corrected chi connectivity index (χ0v) is 13.5. The molecule has 88 valence electrons. The highest BCUT2D eigenvalue weighted by molar-refractivity contribution is 9.11. The van der Waals surface area contributed by atoms with Crippen LogP contribution in [0.4, 0.5) is 0 Å². The van der Waals surface area contributed by atoms with Gasteiger partial charge in [-0.05, 0) is 24.6 Å². The van der Waals surface area contributed by atoms with Gasteiger partial charge in [0, 0.05) is 25.9 Å². The van der Waals surface area contributed by atoms with Gasteiger partial charge in [-0.2, -0.15) is 0 Å². The van der Waals surface area contributed by atoms with Crippen LogP contribution in [0.25, 0.3) is 0 Å². The molecule has 1 unspecified atom stereocenters. The van der Waals surface area contributed by atoms with Crippen LogP contribution in [0.5, 0.6) is 0 Å². The molecule has 0 radical (unpaired) electrons. The number of rotatable bonds is 4. The van der Waals surface area contributed by atoms with Gasteiger partial charge in [-0.1, -0.05) is 54.7 Å². The average Bonchev–Trinajstić information content (AvgIpc) is 2.15. The van der Waals surface area contributed by atoms with Crippen molar-refractivity contribution in [1.29, 1.82) is 0 Å². The number of alkyl halides is 1. The maximum atomic E-state index is 11.8. The first-order valence-electron chi connectivity index (χ1n) is 4.87. The minimum absolute atomic E-state index is 0.0462. The van der Waals surface area contributed by atoms with Crippen molar-refractivity contribution in [3.63, 3.8) is 0 Å². The highest BCUT2D eigenvalue weighted by Crippen LogP contribution is 2.20. The lowest BCUT2D eigenvalue weighted by molar-refractivity contribution is 0.0953. The summed E-state index contributed by atoms with van der Waals surface area (Å²) in [7, 11) is 0. The van der Waals surface area contributed by atoms with Crippen LogP contribution in [0, 0.1) is 0 Å². The van der Waals surface area contributed by atoms with Gasteiger partial charge in [-0.25, -0.2) is 0 Å². The Kier molecular flexibility index (Phi) is 6.00. The minimum atomic E-state index is -0.0462. The molecule has 0 fully saturated rings. The van der Waals surface area contributed by atoms with Crippen LogP contribution >= 0.6 is 47.8 Å². The fraction of sp³-hybridized carbons (Fsp3) is 0.364. The number of amides is 1. The summed E-state index contributed by atoms with van der Waals surface area (Å²) in [5.41, 5.74) is 0.656. The van der Waals surface area contributed by atoms with Crippen molar-refractivity contribution in [2.45, 2.75) is 18.2 Å². The third-order valence-corrected chi connectivity index (χ3v) is 3.33. The van der Waals surface area contributed by atoms with Crippen LogP contribution < -0.4 is 5.32 Å². The SMILES string of the molecule is CC(Br)CCNC(=O)c1cc(Br)cc(Br)c1. The van der Waals surface area contributed by atoms with Crippen molar-refractivity contribution in [3.05, 3.63) is 32.7 Å². The van der Waals surface area contributed by atoms with Gasteiger partial charge < -0.3 is 5.32 Å². The molecule has 1 amide bonds. The van der Waals surface area contributed by atoms with Gasteiger partial charge in [0.2, 0.25) is 0 Å². The number of halogens is 3. The van der Waals surface area contributed by atoms with Crippen molar-refractivity contribution in [3.8, 4) is 0 Å². The Bertz CT molecular complexity index is 359. The lowest BCUT2D eigenvalue weighted by Gasteiger charge is -2.07. The Morgan fingerprint density at radius 3 is 2.38 bits per heavy atom. The molecule has 0 aliphatic carbocycles. The molecular formula is C11H12Br3NO. The number of carbonyl (C=O) groups excluding carboxylic acids is 1. The van der Waals surface area contributed by atoms with Crippen LogP contribution in [0.3, 0.4) is 0 Å². The van der Waals surface area contributed by atoms with E-state index in [-0.39, 0.29) is 5.91 Å². The second kappa shape index (κ2) is 6.77. The minimum Gasteiger partial charge on any atom is -0.352 e. The van der Waals surface area contributed by atoms with Crippen molar-refractivity contribution in [1.82, 2.24) is 5.32 Å². The lowest BCUT2D eigenvalue weighted by Crippen LogP contribution is -2.25. The summed E-state index contributed by atoms with van der Waals surface area (Å²) in [5.74, 6) is -0.0462. The van der Waals surface area contributed by atoms with E-state index in [4.69, 9.17) is 0 Å². The molecule has 0 saturated carbocycles. The zero-order valence-electron chi connectivity index (χ0n) is 8.77. The topological polar surface area (TPSA) is 29.1 Å². The van der Waals surface area contributed by atoms with Crippen molar-refractivity contribution < 1.29 is 4.79 Å². The number of hydrogen-bond donors (Lipinski definition) is 1. The van der Waals surface area contributed by atoms with Crippen LogP contribution in [0.1, 0.15) is 23.7 Å². The molecule has 16 heavy (non-hydrogen) atoms. The molecule has 1 atom stereocenters. The van der Waals surface area contributed by atoms with Gasteiger partial charge in [0.1, 0.15) is 0 Å². The quantitative estimate of drug-likeness (QED) is 0.739. The van der Waals surface area contributed by atoms with E-state index in [1.54, 1.807) is 12.1 Å². The van der Waals surface area contributed by atoms with Crippen LogP contribution in [0.2, 0.25) is 0 Å². The number of nitrogens with one attached hydrogen (secondary N) is 1. The maximum Gasteiger partial charge on any atom is 0.251 e. The Balaban J connectivity index is 2.59. The van der Waals surface area contributed by atoms with Gasteiger partial charge in [-0.15, -0.1) is 0 Å². The monoisotopic (exact) mass is 411 g/mol. The second-order valence-electron chi connectivity index (χ2n) is 3.48. The van der Waals surface area contributed by atoms with E-state index >= 15 is 0 Å². The van der Waals surface area contributed by atoms with E-state index < -0.39 is 0 Å². The molecule has 0 spiro atoms. The first-order valence-corrected chi connectivity index (χ1v) is 7.37. The summed E-state index contributed by atoms with van der Waals surface area (Å²) >= 11 is 10.1. The summed E-state index contributed by atoms with van der Waals surface area (Å²) in [6.45, 7) is 2.73. The summed E-state index contributed by atoms with van der Waals surface area (Å²) in [6.07, 6.45) is 0.918. The van der Waals surface area contributed by atoms with Gasteiger partial charge in [0.25, 0.3) is 5.91 Å². The van der Waals surface area contributed by atoms with E-state index in [1.807, 2.05) is 6.07 Å². The van der Waals surface area contributed by atoms with E-state index in [1.165, 1.54) is 0 Å². The summed E-state index contributed by atoms with van der Waals surface area (Å²) < 4.78 is 1.78. The highest BCUT2D eigenvalue weighted by Gasteiger charge is 2.07. The van der Waals surface area contributed by atoms with Crippen LogP contribution in [-0.4, -0.2) is 17.3 Å². The lowest BCUT2D eigenvalue weighted by atomic mass is 10.2. The smallest absolute Gasteiger partial charge is 0.251 e. The van der Waals surface area contributed by atoms with E-state index in [9.17, 15) is 4.79 Å². The predicted octanol–water partition coefficient (Wildman–Crippen LogP) is 4.11. The maximum absolute atomic E-state index is 11.8. The van der Waals surface area contributed by atoms with Crippen LogP contribution in [-0.2, 0) is 0 Å². The Morgan fingerprint density at radius 1 is 1.31 bits per heavy atom. The van der Waals surface area contributed by atoms with E-state index in [0.717, 1.165) is 15.4 Å². The highest BCUT2D eigenvalue weighted by atomic mass is 79.9. The molecule has 0 aliphatic heterocycles. The molecule has 1 aromatic carbocycles. The van der Waals surface area contributed by atoms with Gasteiger partial charge in [0.15, 0.2) is 0 Å². The molecule has 5 heteroatoms. The fourth-order valence-electron chi connectivity index (χ4n) is 1.17. The van der Waals surface area contributed by atoms with Gasteiger partial charge in [-0.3, -0.25) is 4.79 Å². The van der Waals surface area contributed by atoms with Gasteiger partial charge >= 0.3 is 0 Å². The molecule has 0 saturated heterocycles. The standard InChI is InChI=1S/C11H12Br3NO/c1-7(12)2-3-15-11(16)8-4-9(13)6-10(14)5-8/h4-7H,2-3H2,1H3,(H,15,16). The van der Waals surface area contributed by atoms with Crippen molar-refractivity contribution in [2.75, 3.05) is 6.54 Å². The second-order valence-corrected chi connectivity index (χ2v) is 6.88. The molecular weight excluding hydrogens is 402 g/mol. The molecule has 1 N–H and O–H groups in total. The molecule has 0 aliphatic rings. The average molecular weight is 414 g/mol. The fourth-order valence-corrected chi connectivity index (χ4v) is 2.69. The van der Waals surface area contributed by atoms with Gasteiger partial charge in [0.05, 0.1) is 0 Å². The van der Waals surface area contributed by atoms with E-state index in [0.29, 0.717) is 16.9 Å². The third kappa shape index (κ3) is 4.97. The van der Waals surface area contributed by atoms with E-state index in [2.05, 4.69) is 60.0 Å². The predicted molar refractivity (Wildman–Crippen MR) is 77.2 cm³/mol. The first-order chi connectivity index (χ1) is 7.49. The number of benzene rings is 1. The molecule has 0 heterocycles. The molecule has 1 aromatic rings. The van der Waals surface area contributed by atoms with Crippen molar-refractivity contribution in [2.24, 2.45) is 0 Å². The summed E-state index contributed by atoms with van der Waals surface area (Å²) in [6, 6.07) is 5.51. The van der Waals surface area contributed by atoms with Crippen molar-refractivity contribution >= 4 is 53.7 Å². The molecule has 0 aromatic heterocycles. The molecule has 2 nitrogen and oxygen atoms in total. The largest absolute Gasteiger partial charge is 0.352 e. The first kappa shape index (κ1) is 14.2. The Hall–Kier alpha value is 0.130. The number of carbonyl (C=O) groups is 1. The Labute approximate surface area is 121 Å². The summed E-state index contributed by atoms with van der Waals surface area (Å²) in [4.78, 5) is 12.2. The zero-order chi connectivity index (χ0) is 12.1. The van der Waals surface area contributed by atoms with Crippen LogP contribution in [0.15, 0.2) is 27.1 Å². The third-order valence-electron chi connectivity index (χ3n) is 1.95. The normalized spacial score (nSPS) is 12.2. The molecule has 0 bridgehead atoms. The molecule has 1 rings (SSSR count). The summed E-state index contributed by atoms with van der Waals surface area (Å²) in [5, 5.41) is 2.87. The Morgan fingerprint density at radius 2 is 1.88 bits per heavy atom. The number of hydrogen-bond acceptors (Lipinski definition) is 1.